The molecule has 3 N–H and O–H groups in total. The van der Waals surface area contributed by atoms with E-state index in [9.17, 15) is 9.18 Å². The zero-order chi connectivity index (χ0) is 11.4. The Bertz CT molecular complexity index is 370. The monoisotopic (exact) mass is 230 g/mol. The molecule has 0 spiro atoms. The van der Waals surface area contributed by atoms with Gasteiger partial charge < -0.3 is 11.1 Å². The first kappa shape index (κ1) is 11.9. The minimum Gasteiger partial charge on any atom is -0.368 e. The van der Waals surface area contributed by atoms with E-state index in [4.69, 9.17) is 17.3 Å². The lowest BCUT2D eigenvalue weighted by Gasteiger charge is -2.12. The minimum absolute atomic E-state index is 0.0684. The summed E-state index contributed by atoms with van der Waals surface area (Å²) in [6.45, 7) is 0. The molecule has 5 heteroatoms. The van der Waals surface area contributed by atoms with E-state index in [-0.39, 0.29) is 5.02 Å². The number of hydrogen-bond donors (Lipinski definition) is 2. The van der Waals surface area contributed by atoms with Crippen molar-refractivity contribution in [2.24, 2.45) is 5.73 Å². The molecule has 0 aliphatic rings. The molecule has 0 aliphatic carbocycles. The number of amides is 1. The maximum atomic E-state index is 13.1. The number of primary amides is 1. The number of rotatable bonds is 4. The van der Waals surface area contributed by atoms with Crippen molar-refractivity contribution in [3.63, 3.8) is 0 Å². The van der Waals surface area contributed by atoms with Crippen molar-refractivity contribution in [2.45, 2.75) is 12.5 Å². The molecule has 0 radical (unpaired) electrons. The third kappa shape index (κ3) is 3.18. The average Bonchev–Trinajstić information content (AvgIpc) is 2.19. The highest BCUT2D eigenvalue weighted by atomic mass is 35.5. The highest BCUT2D eigenvalue weighted by Gasteiger charge is 2.13. The molecule has 0 fully saturated rings. The van der Waals surface area contributed by atoms with Crippen LogP contribution in [0, 0.1) is 5.82 Å². The molecule has 1 unspecified atom stereocenters. The first-order chi connectivity index (χ1) is 7.04. The molecule has 3 nitrogen and oxygen atoms in total. The van der Waals surface area contributed by atoms with Crippen molar-refractivity contribution in [3.8, 4) is 0 Å². The lowest BCUT2D eigenvalue weighted by molar-refractivity contribution is -0.119. The number of carbonyl (C=O) groups excluding carboxylic acids is 1. The van der Waals surface area contributed by atoms with Gasteiger partial charge in [0.25, 0.3) is 0 Å². The molecule has 1 amide bonds. The van der Waals surface area contributed by atoms with Crippen LogP contribution in [0.3, 0.4) is 0 Å². The van der Waals surface area contributed by atoms with Crippen LogP contribution in [0.2, 0.25) is 5.02 Å². The second-order valence-electron chi connectivity index (χ2n) is 3.20. The Morgan fingerprint density at radius 3 is 2.80 bits per heavy atom. The number of benzene rings is 1. The van der Waals surface area contributed by atoms with Gasteiger partial charge in [-0.1, -0.05) is 17.7 Å². The predicted molar refractivity (Wildman–Crippen MR) is 57.2 cm³/mol. The molecule has 1 aromatic rings. The van der Waals surface area contributed by atoms with Gasteiger partial charge in [0.1, 0.15) is 5.82 Å². The van der Waals surface area contributed by atoms with Crippen LogP contribution in [0.25, 0.3) is 0 Å². The van der Waals surface area contributed by atoms with Crippen molar-refractivity contribution >= 4 is 17.5 Å². The fourth-order valence-corrected chi connectivity index (χ4v) is 1.36. The maximum absolute atomic E-state index is 13.1. The zero-order valence-corrected chi connectivity index (χ0v) is 9.01. The number of halogens is 2. The van der Waals surface area contributed by atoms with Crippen LogP contribution < -0.4 is 11.1 Å². The van der Waals surface area contributed by atoms with Crippen LogP contribution in [0.5, 0.6) is 0 Å². The summed E-state index contributed by atoms with van der Waals surface area (Å²) >= 11 is 5.53. The van der Waals surface area contributed by atoms with Gasteiger partial charge in [0.2, 0.25) is 5.91 Å². The third-order valence-electron chi connectivity index (χ3n) is 2.12. The molecule has 15 heavy (non-hydrogen) atoms. The smallest absolute Gasteiger partial charge is 0.234 e. The highest BCUT2D eigenvalue weighted by Crippen LogP contribution is 2.16. The number of likely N-dealkylation sites (N-methyl/N-ethyl adjacent to an activating group) is 1. The maximum Gasteiger partial charge on any atom is 0.234 e. The van der Waals surface area contributed by atoms with Gasteiger partial charge in [0.15, 0.2) is 0 Å². The summed E-state index contributed by atoms with van der Waals surface area (Å²) in [4.78, 5) is 10.9. The molecule has 0 saturated carbocycles. The third-order valence-corrected chi connectivity index (χ3v) is 2.42. The minimum atomic E-state index is -0.495. The Kier molecular flexibility index (Phi) is 4.05. The van der Waals surface area contributed by atoms with Crippen LogP contribution in [-0.2, 0) is 11.2 Å². The van der Waals surface area contributed by atoms with Gasteiger partial charge in [-0.25, -0.2) is 4.39 Å². The summed E-state index contributed by atoms with van der Waals surface area (Å²) < 4.78 is 13.1. The molecule has 0 bridgehead atoms. The van der Waals surface area contributed by atoms with E-state index in [0.717, 1.165) is 0 Å². The quantitative estimate of drug-likeness (QED) is 0.814. The van der Waals surface area contributed by atoms with Crippen molar-refractivity contribution in [1.82, 2.24) is 5.32 Å². The number of hydrogen-bond acceptors (Lipinski definition) is 2. The molecule has 1 aromatic carbocycles. The summed E-state index contributed by atoms with van der Waals surface area (Å²) in [5.41, 5.74) is 5.82. The number of nitrogens with one attached hydrogen (secondary N) is 1. The van der Waals surface area contributed by atoms with E-state index in [2.05, 4.69) is 5.32 Å². The summed E-state index contributed by atoms with van der Waals surface area (Å²) in [5, 5.41) is 2.82. The molecule has 0 aromatic heterocycles. The van der Waals surface area contributed by atoms with Crippen LogP contribution in [0.4, 0.5) is 4.39 Å². The molecular formula is C10H12ClFN2O. The van der Waals surface area contributed by atoms with E-state index >= 15 is 0 Å². The van der Waals surface area contributed by atoms with Crippen molar-refractivity contribution in [1.29, 1.82) is 0 Å². The standard InChI is InChI=1S/C10H12ClFN2O/c1-14-9(10(13)15)5-6-2-3-7(11)8(12)4-6/h2-4,9,14H,5H2,1H3,(H2,13,15). The van der Waals surface area contributed by atoms with Crippen molar-refractivity contribution in [2.75, 3.05) is 7.05 Å². The Hall–Kier alpha value is -1.13. The van der Waals surface area contributed by atoms with Gasteiger partial charge >= 0.3 is 0 Å². The second kappa shape index (κ2) is 5.09. The van der Waals surface area contributed by atoms with E-state index in [1.807, 2.05) is 0 Å². The highest BCUT2D eigenvalue weighted by molar-refractivity contribution is 6.30. The molecule has 0 aliphatic heterocycles. The summed E-state index contributed by atoms with van der Waals surface area (Å²) in [6, 6.07) is 3.93. The Labute approximate surface area is 92.4 Å². The van der Waals surface area contributed by atoms with Gasteiger partial charge in [-0.3, -0.25) is 4.79 Å². The normalized spacial score (nSPS) is 12.5. The lowest BCUT2D eigenvalue weighted by atomic mass is 10.1. The van der Waals surface area contributed by atoms with Crippen LogP contribution in [0.1, 0.15) is 5.56 Å². The topological polar surface area (TPSA) is 55.1 Å². The predicted octanol–water partition coefficient (Wildman–Crippen LogP) is 1.09. The Morgan fingerprint density at radius 1 is 1.67 bits per heavy atom. The molecule has 82 valence electrons. The fourth-order valence-electron chi connectivity index (χ4n) is 1.25. The second-order valence-corrected chi connectivity index (χ2v) is 3.60. The molecule has 0 saturated heterocycles. The lowest BCUT2D eigenvalue weighted by Crippen LogP contribution is -2.40. The molecule has 0 heterocycles. The Balaban J connectivity index is 2.80. The van der Waals surface area contributed by atoms with Crippen LogP contribution >= 0.6 is 11.6 Å². The van der Waals surface area contributed by atoms with Gasteiger partial charge in [-0.05, 0) is 31.2 Å². The van der Waals surface area contributed by atoms with E-state index in [0.29, 0.717) is 12.0 Å². The van der Waals surface area contributed by atoms with E-state index < -0.39 is 17.8 Å². The van der Waals surface area contributed by atoms with Crippen molar-refractivity contribution in [3.05, 3.63) is 34.6 Å². The molecule has 1 atom stereocenters. The van der Waals surface area contributed by atoms with Crippen LogP contribution in [0.15, 0.2) is 18.2 Å². The van der Waals surface area contributed by atoms with Crippen LogP contribution in [-0.4, -0.2) is 19.0 Å². The SMILES string of the molecule is CNC(Cc1ccc(Cl)c(F)c1)C(N)=O. The van der Waals surface area contributed by atoms with Crippen molar-refractivity contribution < 1.29 is 9.18 Å². The Morgan fingerprint density at radius 2 is 2.33 bits per heavy atom. The molecule has 1 rings (SSSR count). The number of nitrogens with two attached hydrogens (primary N) is 1. The zero-order valence-electron chi connectivity index (χ0n) is 8.26. The summed E-state index contributed by atoms with van der Waals surface area (Å²) in [6.07, 6.45) is 0.347. The van der Waals surface area contributed by atoms with E-state index in [1.165, 1.54) is 12.1 Å². The molecular weight excluding hydrogens is 219 g/mol. The van der Waals surface area contributed by atoms with Gasteiger partial charge in [-0.2, -0.15) is 0 Å². The van der Waals surface area contributed by atoms with Gasteiger partial charge in [-0.15, -0.1) is 0 Å². The summed E-state index contributed by atoms with van der Waals surface area (Å²) in [7, 11) is 1.63. The van der Waals surface area contributed by atoms with Gasteiger partial charge in [0, 0.05) is 0 Å². The summed E-state index contributed by atoms with van der Waals surface area (Å²) in [5.74, 6) is -0.957. The fraction of sp³-hybridized carbons (Fsp3) is 0.300. The van der Waals surface area contributed by atoms with Gasteiger partial charge in [0.05, 0.1) is 11.1 Å². The first-order valence-electron chi connectivity index (χ1n) is 4.45. The van der Waals surface area contributed by atoms with E-state index in [1.54, 1.807) is 13.1 Å². The average molecular weight is 231 g/mol. The largest absolute Gasteiger partial charge is 0.368 e. The first-order valence-corrected chi connectivity index (χ1v) is 4.83. The number of carbonyl (C=O) groups is 1.